The van der Waals surface area contributed by atoms with Gasteiger partial charge < -0.3 is 4.57 Å². The number of pyridine rings is 1. The van der Waals surface area contributed by atoms with E-state index in [0.29, 0.717) is 5.15 Å². The quantitative estimate of drug-likeness (QED) is 0.648. The first kappa shape index (κ1) is 10.3. The van der Waals surface area contributed by atoms with Crippen LogP contribution in [-0.2, 0) is 6.54 Å². The van der Waals surface area contributed by atoms with Gasteiger partial charge in [0.25, 0.3) is 0 Å². The molecule has 2 heterocycles. The lowest BCUT2D eigenvalue weighted by molar-refractivity contribution is 0.820. The summed E-state index contributed by atoms with van der Waals surface area (Å²) in [5.41, 5.74) is 3.24. The molecule has 0 saturated heterocycles. The summed E-state index contributed by atoms with van der Waals surface area (Å²) >= 11 is 5.76. The molecule has 0 unspecified atom stereocenters. The lowest BCUT2D eigenvalue weighted by atomic mass is 10.2. The van der Waals surface area contributed by atoms with E-state index in [0.717, 1.165) is 23.1 Å². The van der Waals surface area contributed by atoms with Gasteiger partial charge in [0.15, 0.2) is 0 Å². The highest BCUT2D eigenvalue weighted by atomic mass is 35.5. The van der Waals surface area contributed by atoms with Crippen molar-refractivity contribution in [2.45, 2.75) is 6.54 Å². The predicted octanol–water partition coefficient (Wildman–Crippen LogP) is 3.13. The van der Waals surface area contributed by atoms with Crippen LogP contribution in [0.3, 0.4) is 0 Å². The molecule has 3 rings (SSSR count). The minimum Gasteiger partial charge on any atom is -0.326 e. The summed E-state index contributed by atoms with van der Waals surface area (Å²) in [5, 5.41) is 0.518. The van der Waals surface area contributed by atoms with Crippen LogP contribution in [0.1, 0.15) is 5.56 Å². The highest BCUT2D eigenvalue weighted by Crippen LogP contribution is 2.14. The first-order valence-corrected chi connectivity index (χ1v) is 5.71. The summed E-state index contributed by atoms with van der Waals surface area (Å²) in [6.45, 7) is 0.755. The number of aromatic nitrogens is 3. The van der Waals surface area contributed by atoms with Gasteiger partial charge in [0.05, 0.1) is 23.9 Å². The fraction of sp³-hybridized carbons (Fsp3) is 0.0769. The molecule has 0 aliphatic heterocycles. The fourth-order valence-corrected chi connectivity index (χ4v) is 1.94. The monoisotopic (exact) mass is 243 g/mol. The molecule has 17 heavy (non-hydrogen) atoms. The molecular formula is C13H10ClN3. The van der Waals surface area contributed by atoms with E-state index in [-0.39, 0.29) is 0 Å². The standard InChI is InChI=1S/C13H10ClN3/c14-13-6-5-10(7-15-13)8-17-9-16-11-3-1-2-4-12(11)17/h1-7,9H,8H2. The zero-order chi connectivity index (χ0) is 11.7. The van der Waals surface area contributed by atoms with Gasteiger partial charge in [-0.25, -0.2) is 9.97 Å². The second kappa shape index (κ2) is 4.18. The van der Waals surface area contributed by atoms with Gasteiger partial charge in [-0.1, -0.05) is 29.8 Å². The van der Waals surface area contributed by atoms with E-state index < -0.39 is 0 Å². The molecule has 0 radical (unpaired) electrons. The first-order chi connectivity index (χ1) is 8.33. The van der Waals surface area contributed by atoms with Gasteiger partial charge in [-0.05, 0) is 23.8 Å². The number of para-hydroxylation sites is 2. The van der Waals surface area contributed by atoms with Crippen LogP contribution in [0.4, 0.5) is 0 Å². The van der Waals surface area contributed by atoms with Gasteiger partial charge in [-0.15, -0.1) is 0 Å². The molecule has 0 aliphatic carbocycles. The second-order valence-corrected chi connectivity index (χ2v) is 4.24. The third-order valence-corrected chi connectivity index (χ3v) is 2.89. The average Bonchev–Trinajstić information content (AvgIpc) is 2.76. The van der Waals surface area contributed by atoms with Crippen LogP contribution in [0.25, 0.3) is 11.0 Å². The zero-order valence-corrected chi connectivity index (χ0v) is 9.80. The summed E-state index contributed by atoms with van der Waals surface area (Å²) in [6, 6.07) is 11.8. The number of benzene rings is 1. The summed E-state index contributed by atoms with van der Waals surface area (Å²) in [7, 11) is 0. The third kappa shape index (κ3) is 2.01. The minimum atomic E-state index is 0.518. The van der Waals surface area contributed by atoms with E-state index in [4.69, 9.17) is 11.6 Å². The Labute approximate surface area is 104 Å². The zero-order valence-electron chi connectivity index (χ0n) is 9.05. The first-order valence-electron chi connectivity index (χ1n) is 5.33. The molecular weight excluding hydrogens is 234 g/mol. The van der Waals surface area contributed by atoms with Gasteiger partial charge in [0.2, 0.25) is 0 Å². The maximum Gasteiger partial charge on any atom is 0.129 e. The van der Waals surface area contributed by atoms with Crippen LogP contribution in [0.5, 0.6) is 0 Å². The number of rotatable bonds is 2. The van der Waals surface area contributed by atoms with Crippen molar-refractivity contribution < 1.29 is 0 Å². The Bertz CT molecular complexity index is 643. The Morgan fingerprint density at radius 3 is 2.76 bits per heavy atom. The van der Waals surface area contributed by atoms with Gasteiger partial charge in [0, 0.05) is 6.20 Å². The number of halogens is 1. The van der Waals surface area contributed by atoms with Crippen molar-refractivity contribution >= 4 is 22.6 Å². The Morgan fingerprint density at radius 1 is 1.06 bits per heavy atom. The van der Waals surface area contributed by atoms with Crippen LogP contribution >= 0.6 is 11.6 Å². The highest BCUT2D eigenvalue weighted by molar-refractivity contribution is 6.29. The third-order valence-electron chi connectivity index (χ3n) is 2.67. The van der Waals surface area contributed by atoms with E-state index in [1.54, 1.807) is 12.3 Å². The molecule has 0 fully saturated rings. The van der Waals surface area contributed by atoms with E-state index in [9.17, 15) is 0 Å². The van der Waals surface area contributed by atoms with Crippen molar-refractivity contribution in [3.05, 3.63) is 59.6 Å². The topological polar surface area (TPSA) is 30.7 Å². The second-order valence-electron chi connectivity index (χ2n) is 3.85. The molecule has 84 valence electrons. The molecule has 0 bridgehead atoms. The normalized spacial score (nSPS) is 10.9. The number of imidazole rings is 1. The highest BCUT2D eigenvalue weighted by Gasteiger charge is 2.02. The molecule has 3 aromatic rings. The number of hydrogen-bond donors (Lipinski definition) is 0. The lowest BCUT2D eigenvalue weighted by Gasteiger charge is -2.03. The molecule has 0 saturated carbocycles. The predicted molar refractivity (Wildman–Crippen MR) is 68.1 cm³/mol. The number of hydrogen-bond acceptors (Lipinski definition) is 2. The van der Waals surface area contributed by atoms with Crippen LogP contribution in [-0.4, -0.2) is 14.5 Å². The molecule has 0 amide bonds. The molecule has 0 aliphatic rings. The largest absolute Gasteiger partial charge is 0.326 e. The molecule has 0 atom stereocenters. The van der Waals surface area contributed by atoms with Crippen LogP contribution in [0.15, 0.2) is 48.9 Å². The Balaban J connectivity index is 1.97. The van der Waals surface area contributed by atoms with Gasteiger partial charge in [-0.3, -0.25) is 0 Å². The summed E-state index contributed by atoms with van der Waals surface area (Å²) in [6.07, 6.45) is 3.64. The molecule has 2 aromatic heterocycles. The Hall–Kier alpha value is -1.87. The van der Waals surface area contributed by atoms with Crippen molar-refractivity contribution in [2.75, 3.05) is 0 Å². The summed E-state index contributed by atoms with van der Waals surface area (Å²) in [4.78, 5) is 8.42. The van der Waals surface area contributed by atoms with Gasteiger partial charge in [0.1, 0.15) is 5.15 Å². The average molecular weight is 244 g/mol. The van der Waals surface area contributed by atoms with E-state index >= 15 is 0 Å². The molecule has 0 N–H and O–H groups in total. The smallest absolute Gasteiger partial charge is 0.129 e. The maximum absolute atomic E-state index is 5.76. The van der Waals surface area contributed by atoms with Crippen molar-refractivity contribution in [3.8, 4) is 0 Å². The minimum absolute atomic E-state index is 0.518. The molecule has 3 nitrogen and oxygen atoms in total. The summed E-state index contributed by atoms with van der Waals surface area (Å²) < 4.78 is 2.10. The fourth-order valence-electron chi connectivity index (χ4n) is 1.83. The van der Waals surface area contributed by atoms with Crippen LogP contribution in [0, 0.1) is 0 Å². The van der Waals surface area contributed by atoms with E-state index in [2.05, 4.69) is 20.6 Å². The van der Waals surface area contributed by atoms with E-state index in [1.165, 1.54) is 0 Å². The summed E-state index contributed by atoms with van der Waals surface area (Å²) in [5.74, 6) is 0. The molecule has 4 heteroatoms. The van der Waals surface area contributed by atoms with Gasteiger partial charge in [-0.2, -0.15) is 0 Å². The number of nitrogens with zero attached hydrogens (tertiary/aromatic N) is 3. The lowest BCUT2D eigenvalue weighted by Crippen LogP contribution is -1.98. The molecule has 1 aromatic carbocycles. The SMILES string of the molecule is Clc1ccc(Cn2cnc3ccccc32)cn1. The van der Waals surface area contributed by atoms with Crippen molar-refractivity contribution in [3.63, 3.8) is 0 Å². The van der Waals surface area contributed by atoms with Gasteiger partial charge >= 0.3 is 0 Å². The van der Waals surface area contributed by atoms with Crippen molar-refractivity contribution in [1.82, 2.24) is 14.5 Å². The van der Waals surface area contributed by atoms with Crippen molar-refractivity contribution in [1.29, 1.82) is 0 Å². The van der Waals surface area contributed by atoms with Crippen molar-refractivity contribution in [2.24, 2.45) is 0 Å². The van der Waals surface area contributed by atoms with E-state index in [1.807, 2.05) is 30.6 Å². The Kier molecular flexibility index (Phi) is 2.53. The number of fused-ring (bicyclic) bond motifs is 1. The van der Waals surface area contributed by atoms with Crippen LogP contribution < -0.4 is 0 Å². The maximum atomic E-state index is 5.76. The van der Waals surface area contributed by atoms with Crippen LogP contribution in [0.2, 0.25) is 5.15 Å². The molecule has 0 spiro atoms. The Morgan fingerprint density at radius 2 is 1.94 bits per heavy atom.